The van der Waals surface area contributed by atoms with Crippen molar-refractivity contribution in [3.05, 3.63) is 96.7 Å². The van der Waals surface area contributed by atoms with E-state index in [4.69, 9.17) is 32.8 Å². The molecular weight excluding hydrogens is 977 g/mol. The smallest absolute Gasteiger partial charge is 0.416 e. The maximum absolute atomic E-state index is 14.7. The van der Waals surface area contributed by atoms with E-state index in [1.807, 2.05) is 22.9 Å². The van der Waals surface area contributed by atoms with Gasteiger partial charge in [-0.25, -0.2) is 14.5 Å². The molecule has 0 N–H and O–H groups in total. The molecular formula is C57H72N4O11SSi. The van der Waals surface area contributed by atoms with Crippen LogP contribution >= 0.6 is 11.8 Å². The van der Waals surface area contributed by atoms with Crippen molar-refractivity contribution in [3.8, 4) is 23.0 Å². The average Bonchev–Trinajstić information content (AvgIpc) is 3.88. The molecule has 2 aliphatic carbocycles. The Hall–Kier alpha value is -5.91. The molecule has 396 valence electrons. The number of hydrogen-bond donors (Lipinski definition) is 0. The second-order valence-corrected chi connectivity index (χ2v) is 28.0. The van der Waals surface area contributed by atoms with Gasteiger partial charge in [0.25, 0.3) is 11.8 Å². The number of anilines is 2. The molecule has 4 amide bonds. The van der Waals surface area contributed by atoms with Crippen molar-refractivity contribution in [3.63, 3.8) is 0 Å². The molecule has 9 rings (SSSR count). The Morgan fingerprint density at radius 3 is 1.99 bits per heavy atom. The van der Waals surface area contributed by atoms with E-state index in [0.29, 0.717) is 96.2 Å². The van der Waals surface area contributed by atoms with Crippen LogP contribution in [0.2, 0.25) is 18.1 Å². The first-order valence-corrected chi connectivity index (χ1v) is 29.9. The van der Waals surface area contributed by atoms with Gasteiger partial charge in [-0.1, -0.05) is 64.6 Å². The fourth-order valence-electron chi connectivity index (χ4n) is 10.2. The average molecular weight is 1050 g/mol. The lowest BCUT2D eigenvalue weighted by Gasteiger charge is -2.44. The van der Waals surface area contributed by atoms with Gasteiger partial charge in [0, 0.05) is 35.0 Å². The van der Waals surface area contributed by atoms with Gasteiger partial charge in [-0.2, -0.15) is 0 Å². The molecule has 6 aliphatic rings. The van der Waals surface area contributed by atoms with Crippen LogP contribution in [0.5, 0.6) is 23.0 Å². The van der Waals surface area contributed by atoms with E-state index in [1.165, 1.54) is 60.3 Å². The van der Waals surface area contributed by atoms with Crippen molar-refractivity contribution in [1.82, 2.24) is 9.80 Å². The van der Waals surface area contributed by atoms with E-state index in [-0.39, 0.29) is 54.1 Å². The predicted molar refractivity (Wildman–Crippen MR) is 289 cm³/mol. The van der Waals surface area contributed by atoms with Crippen LogP contribution in [-0.4, -0.2) is 119 Å². The lowest BCUT2D eigenvalue weighted by molar-refractivity contribution is 0.0528. The van der Waals surface area contributed by atoms with Gasteiger partial charge in [-0.3, -0.25) is 14.5 Å². The Balaban J connectivity index is 0.886. The number of benzene rings is 3. The van der Waals surface area contributed by atoms with Crippen molar-refractivity contribution < 1.29 is 52.0 Å². The summed E-state index contributed by atoms with van der Waals surface area (Å²) in [6, 6.07) is 14.6. The van der Waals surface area contributed by atoms with Crippen LogP contribution in [0.1, 0.15) is 111 Å². The van der Waals surface area contributed by atoms with Gasteiger partial charge >= 0.3 is 12.2 Å². The molecule has 1 saturated heterocycles. The van der Waals surface area contributed by atoms with E-state index in [9.17, 15) is 19.2 Å². The highest BCUT2D eigenvalue weighted by atomic mass is 32.2. The highest BCUT2D eigenvalue weighted by molar-refractivity contribution is 8.00. The van der Waals surface area contributed by atoms with Crippen molar-refractivity contribution in [2.75, 3.05) is 63.5 Å². The van der Waals surface area contributed by atoms with Gasteiger partial charge in [0.05, 0.1) is 68.6 Å². The van der Waals surface area contributed by atoms with Crippen LogP contribution < -0.4 is 28.7 Å². The van der Waals surface area contributed by atoms with E-state index in [2.05, 4.69) is 71.3 Å². The summed E-state index contributed by atoms with van der Waals surface area (Å²) < 4.78 is 42.9. The van der Waals surface area contributed by atoms with Gasteiger partial charge in [-0.15, -0.1) is 11.8 Å². The second-order valence-electron chi connectivity index (χ2n) is 21.9. The summed E-state index contributed by atoms with van der Waals surface area (Å²) in [6.07, 6.45) is 12.1. The van der Waals surface area contributed by atoms with Crippen LogP contribution in [0.25, 0.3) is 5.57 Å². The summed E-state index contributed by atoms with van der Waals surface area (Å²) in [5.74, 6) is 1.08. The van der Waals surface area contributed by atoms with Crippen LogP contribution in [0.15, 0.2) is 84.9 Å². The summed E-state index contributed by atoms with van der Waals surface area (Å²) in [5.41, 5.74) is 3.45. The highest BCUT2D eigenvalue weighted by Crippen LogP contribution is 2.58. The SMILES string of the molecule is C=CCOC(=O)N1C[C@@H]2CC(c3ccc(SC4CCC4)cc3)=CN2C(=O)c2cc(OC)c(OCCCCCOc3cc4c(cc3OC)C(=O)N3CC5(CC5)C[C@H]3C(O[Si](C)(C)C(C)(C)C)N4C(=O)OCC=C)cc21. The van der Waals surface area contributed by atoms with Crippen LogP contribution in [0.4, 0.5) is 21.0 Å². The molecule has 1 spiro atoms. The normalized spacial score (nSPS) is 20.8. The number of carbonyl (C=O) groups excluding carboxylic acids is 4. The molecule has 0 bridgehead atoms. The molecule has 4 heterocycles. The second kappa shape index (κ2) is 21.7. The van der Waals surface area contributed by atoms with Gasteiger partial charge < -0.3 is 42.6 Å². The number of ether oxygens (including phenoxy) is 6. The summed E-state index contributed by atoms with van der Waals surface area (Å²) in [7, 11) is 0.535. The Morgan fingerprint density at radius 2 is 1.42 bits per heavy atom. The molecule has 3 fully saturated rings. The molecule has 3 aromatic rings. The highest BCUT2D eigenvalue weighted by Gasteiger charge is 2.60. The minimum atomic E-state index is -2.52. The summed E-state index contributed by atoms with van der Waals surface area (Å²) in [5, 5.41) is 0.510. The number of thioether (sulfide) groups is 1. The summed E-state index contributed by atoms with van der Waals surface area (Å²) in [4.78, 5) is 65.1. The minimum Gasteiger partial charge on any atom is -0.493 e. The first kappa shape index (κ1) is 52.9. The quantitative estimate of drug-likeness (QED) is 0.0640. The zero-order chi connectivity index (χ0) is 52.5. The number of hydrogen-bond acceptors (Lipinski definition) is 12. The third-order valence-electron chi connectivity index (χ3n) is 15.9. The maximum atomic E-state index is 14.7. The number of carbonyl (C=O) groups is 4. The number of unbranched alkanes of at least 4 members (excludes halogenated alkanes) is 2. The number of methoxy groups -OCH3 is 2. The zero-order valence-electron chi connectivity index (χ0n) is 44.1. The van der Waals surface area contributed by atoms with Crippen molar-refractivity contribution in [2.24, 2.45) is 5.41 Å². The lowest BCUT2D eigenvalue weighted by atomic mass is 10.00. The number of amides is 4. The molecule has 17 heteroatoms. The summed E-state index contributed by atoms with van der Waals surface area (Å²) in [6.45, 7) is 19.7. The van der Waals surface area contributed by atoms with E-state index in [0.717, 1.165) is 30.4 Å². The Morgan fingerprint density at radius 1 is 0.811 bits per heavy atom. The zero-order valence-corrected chi connectivity index (χ0v) is 45.9. The molecule has 0 radical (unpaired) electrons. The Kier molecular flexibility index (Phi) is 15.6. The predicted octanol–water partition coefficient (Wildman–Crippen LogP) is 11.9. The van der Waals surface area contributed by atoms with Crippen LogP contribution in [-0.2, 0) is 13.9 Å². The number of nitrogens with zero attached hydrogens (tertiary/aromatic N) is 4. The van der Waals surface area contributed by atoms with Crippen LogP contribution in [0.3, 0.4) is 0 Å². The Labute approximate surface area is 441 Å². The van der Waals surface area contributed by atoms with Crippen LogP contribution in [0, 0.1) is 5.41 Å². The van der Waals surface area contributed by atoms with Gasteiger partial charge in [0.2, 0.25) is 0 Å². The largest absolute Gasteiger partial charge is 0.493 e. The third-order valence-corrected chi connectivity index (χ3v) is 21.7. The first-order valence-electron chi connectivity index (χ1n) is 26.1. The lowest BCUT2D eigenvalue weighted by Crippen LogP contribution is -2.58. The number of fused-ring (bicyclic) bond motifs is 4. The van der Waals surface area contributed by atoms with Crippen molar-refractivity contribution in [2.45, 2.75) is 132 Å². The third kappa shape index (κ3) is 10.8. The monoisotopic (exact) mass is 1050 g/mol. The van der Waals surface area contributed by atoms with Crippen molar-refractivity contribution in [1.29, 1.82) is 0 Å². The molecule has 3 atom stereocenters. The van der Waals surface area contributed by atoms with Gasteiger partial charge in [0.15, 0.2) is 37.5 Å². The molecule has 15 nitrogen and oxygen atoms in total. The number of rotatable bonds is 19. The van der Waals surface area contributed by atoms with Gasteiger partial charge in [-0.05, 0) is 117 Å². The topological polar surface area (TPSA) is 146 Å². The molecule has 4 aliphatic heterocycles. The van der Waals surface area contributed by atoms with Gasteiger partial charge in [0.1, 0.15) is 13.2 Å². The van der Waals surface area contributed by atoms with Crippen molar-refractivity contribution >= 4 is 61.0 Å². The van der Waals surface area contributed by atoms with E-state index in [1.54, 1.807) is 29.2 Å². The minimum absolute atomic E-state index is 0.0113. The molecule has 1 unspecified atom stereocenters. The standard InChI is InChI=1S/C57H72N4O11SSi/c1-10-24-70-54(64)59-35-39-28-38(37-18-20-41(21-19-37)73-40-16-15-17-40)34-58(39)51(62)42-29-47(66-6)49(31-44(42)59)68-26-13-12-14-27-69-50-32-45-43(30-48(50)67-7)52(63)60-36-57(22-23-57)33-46(60)53(61(45)55(65)71-25-11-2)72-74(8,9)56(3,4)5/h10-11,18-21,29-32,34,39-40,46,53H,1-2,12-17,22-28,33,35-36H2,3-9H3/t39-,46-,53?/m0/s1. The van der Waals surface area contributed by atoms with E-state index < -0.39 is 26.7 Å². The molecule has 0 aromatic heterocycles. The Bertz CT molecular complexity index is 2680. The fourth-order valence-corrected chi connectivity index (χ4v) is 12.7. The fraction of sp³-hybridized carbons (Fsp3) is 0.509. The van der Waals surface area contributed by atoms with E-state index >= 15 is 0 Å². The molecule has 2 saturated carbocycles. The molecule has 74 heavy (non-hydrogen) atoms. The molecule has 3 aromatic carbocycles. The maximum Gasteiger partial charge on any atom is 0.416 e. The first-order chi connectivity index (χ1) is 35.5. The summed E-state index contributed by atoms with van der Waals surface area (Å²) >= 11 is 1.93.